The van der Waals surface area contributed by atoms with Gasteiger partial charge in [-0.2, -0.15) is 0 Å². The van der Waals surface area contributed by atoms with Crippen LogP contribution in [0, 0.1) is 13.8 Å². The topological polar surface area (TPSA) is 76.3 Å². The van der Waals surface area contributed by atoms with Gasteiger partial charge >= 0.3 is 5.82 Å². The second kappa shape index (κ2) is 2.99. The molecule has 1 aromatic heterocycles. The van der Waals surface area contributed by atoms with Crippen molar-refractivity contribution in [1.82, 2.24) is 4.98 Å². The lowest BCUT2D eigenvalue weighted by molar-refractivity contribution is -0.389. The first-order valence-electron chi connectivity index (χ1n) is 2.61. The molecule has 1 rings (SSSR count). The van der Waals surface area contributed by atoms with Gasteiger partial charge in [-0.05, 0) is 16.0 Å². The van der Waals surface area contributed by atoms with Crippen molar-refractivity contribution in [2.75, 3.05) is 0 Å². The highest BCUT2D eigenvalue weighted by molar-refractivity contribution is 14.1. The third-order valence-corrected chi connectivity index (χ3v) is 1.80. The molecular formula is C5H3IN2O3. The van der Waals surface area contributed by atoms with Crippen LogP contribution >= 0.6 is 22.6 Å². The van der Waals surface area contributed by atoms with E-state index in [-0.39, 0.29) is 15.3 Å². The van der Waals surface area contributed by atoms with Crippen LogP contribution in [0.4, 0.5) is 5.82 Å². The van der Waals surface area contributed by atoms with Gasteiger partial charge in [0.15, 0.2) is 5.75 Å². The fraction of sp³-hybridized carbons (Fsp3) is 0. The summed E-state index contributed by atoms with van der Waals surface area (Å²) in [6.07, 6.45) is 0. The van der Waals surface area contributed by atoms with E-state index in [1.54, 1.807) is 22.6 Å². The molecule has 0 spiro atoms. The van der Waals surface area contributed by atoms with Crippen LogP contribution in [0.3, 0.4) is 0 Å². The first-order chi connectivity index (χ1) is 5.11. The van der Waals surface area contributed by atoms with E-state index < -0.39 is 4.92 Å². The number of halogens is 1. The van der Waals surface area contributed by atoms with Crippen LogP contribution < -0.4 is 0 Å². The normalized spacial score (nSPS) is 9.55. The number of pyridine rings is 1. The standard InChI is InChI=1S/C5H3IN2O3/c6-5-3(9)1-2-4(7-5)8(10)11/h1-2,9H. The minimum Gasteiger partial charge on any atom is -0.503 e. The molecule has 0 unspecified atom stereocenters. The molecule has 0 aliphatic rings. The molecule has 0 radical (unpaired) electrons. The van der Waals surface area contributed by atoms with Crippen LogP contribution in [0.5, 0.6) is 5.75 Å². The maximum atomic E-state index is 10.1. The lowest BCUT2D eigenvalue weighted by Gasteiger charge is -1.92. The van der Waals surface area contributed by atoms with Gasteiger partial charge in [0, 0.05) is 28.7 Å². The summed E-state index contributed by atoms with van der Waals surface area (Å²) < 4.78 is 0.233. The number of rotatable bonds is 1. The van der Waals surface area contributed by atoms with Crippen molar-refractivity contribution in [2.45, 2.75) is 0 Å². The Kier molecular flexibility index (Phi) is 2.22. The molecule has 0 aliphatic heterocycles. The van der Waals surface area contributed by atoms with E-state index in [9.17, 15) is 10.1 Å². The zero-order valence-electron chi connectivity index (χ0n) is 5.19. The van der Waals surface area contributed by atoms with Crippen LogP contribution in [0.2, 0.25) is 0 Å². The monoisotopic (exact) mass is 266 g/mol. The Morgan fingerprint density at radius 3 is 2.73 bits per heavy atom. The van der Waals surface area contributed by atoms with E-state index in [0.717, 1.165) is 6.07 Å². The number of hydrogen-bond donors (Lipinski definition) is 1. The highest BCUT2D eigenvalue weighted by atomic mass is 127. The molecular weight excluding hydrogens is 263 g/mol. The Morgan fingerprint density at radius 2 is 2.27 bits per heavy atom. The van der Waals surface area contributed by atoms with Crippen LogP contribution in [-0.2, 0) is 0 Å². The molecule has 0 saturated carbocycles. The highest BCUT2D eigenvalue weighted by Gasteiger charge is 2.11. The van der Waals surface area contributed by atoms with Gasteiger partial charge < -0.3 is 15.2 Å². The quantitative estimate of drug-likeness (QED) is 0.359. The Morgan fingerprint density at radius 1 is 1.64 bits per heavy atom. The summed E-state index contributed by atoms with van der Waals surface area (Å²) in [6.45, 7) is 0. The highest BCUT2D eigenvalue weighted by Crippen LogP contribution is 2.19. The summed E-state index contributed by atoms with van der Waals surface area (Å²) in [5, 5.41) is 19.1. The predicted molar refractivity (Wildman–Crippen MR) is 45.3 cm³/mol. The SMILES string of the molecule is O=[N+]([O-])c1ccc(O)c(I)n1. The summed E-state index contributed by atoms with van der Waals surface area (Å²) >= 11 is 1.72. The summed E-state index contributed by atoms with van der Waals surface area (Å²) in [6, 6.07) is 2.39. The number of aromatic hydroxyl groups is 1. The van der Waals surface area contributed by atoms with Crippen LogP contribution in [0.25, 0.3) is 0 Å². The molecule has 0 fully saturated rings. The minimum absolute atomic E-state index is 0.0452. The molecule has 5 nitrogen and oxygen atoms in total. The Hall–Kier alpha value is -0.920. The smallest absolute Gasteiger partial charge is 0.364 e. The van der Waals surface area contributed by atoms with Gasteiger partial charge in [-0.3, -0.25) is 0 Å². The number of nitro groups is 1. The molecule has 1 heterocycles. The largest absolute Gasteiger partial charge is 0.503 e. The van der Waals surface area contributed by atoms with Gasteiger partial charge in [0.2, 0.25) is 0 Å². The number of nitrogens with zero attached hydrogens (tertiary/aromatic N) is 2. The van der Waals surface area contributed by atoms with E-state index >= 15 is 0 Å². The van der Waals surface area contributed by atoms with Crippen LogP contribution in [0.15, 0.2) is 12.1 Å². The average molecular weight is 266 g/mol. The van der Waals surface area contributed by atoms with E-state index in [0.29, 0.717) is 0 Å². The van der Waals surface area contributed by atoms with Gasteiger partial charge in [0.05, 0.1) is 0 Å². The zero-order valence-corrected chi connectivity index (χ0v) is 7.35. The van der Waals surface area contributed by atoms with E-state index in [1.165, 1.54) is 6.07 Å². The lowest BCUT2D eigenvalue weighted by atomic mass is 10.4. The van der Waals surface area contributed by atoms with E-state index in [4.69, 9.17) is 5.11 Å². The molecule has 11 heavy (non-hydrogen) atoms. The fourth-order valence-electron chi connectivity index (χ4n) is 0.519. The van der Waals surface area contributed by atoms with Gasteiger partial charge in [0.1, 0.15) is 0 Å². The third kappa shape index (κ3) is 1.76. The molecule has 6 heteroatoms. The van der Waals surface area contributed by atoms with Crippen molar-refractivity contribution in [3.8, 4) is 5.75 Å². The minimum atomic E-state index is -0.610. The predicted octanol–water partition coefficient (Wildman–Crippen LogP) is 1.30. The molecule has 0 bridgehead atoms. The van der Waals surface area contributed by atoms with Gasteiger partial charge in [-0.1, -0.05) is 0 Å². The zero-order chi connectivity index (χ0) is 8.43. The molecule has 0 atom stereocenters. The number of hydrogen-bond acceptors (Lipinski definition) is 4. The van der Waals surface area contributed by atoms with Gasteiger partial charge in [0.25, 0.3) is 3.70 Å². The van der Waals surface area contributed by atoms with Crippen molar-refractivity contribution >= 4 is 28.4 Å². The van der Waals surface area contributed by atoms with E-state index in [2.05, 4.69) is 4.98 Å². The van der Waals surface area contributed by atoms with Gasteiger partial charge in [-0.15, -0.1) is 0 Å². The van der Waals surface area contributed by atoms with Gasteiger partial charge in [-0.25, -0.2) is 0 Å². The Labute approximate surface area is 75.4 Å². The van der Waals surface area contributed by atoms with Crippen molar-refractivity contribution in [1.29, 1.82) is 0 Å². The maximum Gasteiger partial charge on any atom is 0.364 e. The average Bonchev–Trinajstić information content (AvgIpc) is 1.94. The van der Waals surface area contributed by atoms with Crippen molar-refractivity contribution in [2.24, 2.45) is 0 Å². The first kappa shape index (κ1) is 8.18. The molecule has 58 valence electrons. The van der Waals surface area contributed by atoms with Crippen molar-refractivity contribution < 1.29 is 10.0 Å². The second-order valence-corrected chi connectivity index (χ2v) is 2.76. The second-order valence-electron chi connectivity index (χ2n) is 1.74. The molecule has 0 saturated heterocycles. The van der Waals surface area contributed by atoms with Crippen molar-refractivity contribution in [3.05, 3.63) is 25.9 Å². The molecule has 0 aliphatic carbocycles. The Bertz CT molecular complexity index is 302. The molecule has 1 N–H and O–H groups in total. The van der Waals surface area contributed by atoms with Crippen molar-refractivity contribution in [3.63, 3.8) is 0 Å². The molecule has 0 amide bonds. The Balaban J connectivity index is 3.15. The summed E-state index contributed by atoms with van der Waals surface area (Å²) in [5.74, 6) is -0.302. The fourth-order valence-corrected chi connectivity index (χ4v) is 0.946. The van der Waals surface area contributed by atoms with Crippen LogP contribution in [-0.4, -0.2) is 15.0 Å². The third-order valence-electron chi connectivity index (χ3n) is 1.00. The van der Waals surface area contributed by atoms with Crippen LogP contribution in [0.1, 0.15) is 0 Å². The molecule has 0 aromatic carbocycles. The maximum absolute atomic E-state index is 10.1. The first-order valence-corrected chi connectivity index (χ1v) is 3.69. The number of aromatic nitrogens is 1. The lowest BCUT2D eigenvalue weighted by Crippen LogP contribution is -1.92. The summed E-state index contributed by atoms with van der Waals surface area (Å²) in [5.41, 5.74) is 0. The van der Waals surface area contributed by atoms with E-state index in [1.807, 2.05) is 0 Å². The summed E-state index contributed by atoms with van der Waals surface area (Å²) in [4.78, 5) is 13.0. The molecule has 1 aromatic rings. The summed E-state index contributed by atoms with van der Waals surface area (Å²) in [7, 11) is 0.